The average Bonchev–Trinajstić information content (AvgIpc) is 3.11. The third kappa shape index (κ3) is 4.13. The summed E-state index contributed by atoms with van der Waals surface area (Å²) in [5, 5.41) is 0.696. The first-order valence-electron chi connectivity index (χ1n) is 10.8. The van der Waals surface area contributed by atoms with Crippen molar-refractivity contribution in [3.05, 3.63) is 82.1 Å². The van der Waals surface area contributed by atoms with E-state index in [0.29, 0.717) is 17.3 Å². The summed E-state index contributed by atoms with van der Waals surface area (Å²) in [6, 6.07) is 16.5. The van der Waals surface area contributed by atoms with Crippen molar-refractivity contribution in [2.45, 2.75) is 20.8 Å². The average molecular weight is 494 g/mol. The number of hydrogen-bond acceptors (Lipinski definition) is 4. The number of hydrogen-bond donors (Lipinski definition) is 0. The summed E-state index contributed by atoms with van der Waals surface area (Å²) >= 11 is 11.5. The summed E-state index contributed by atoms with van der Waals surface area (Å²) in [7, 11) is 1.63. The second-order valence-corrected chi connectivity index (χ2v) is 8.67. The number of aryl methyl sites for hydroxylation is 1. The van der Waals surface area contributed by atoms with Gasteiger partial charge in [-0.15, -0.1) is 0 Å². The molecule has 2 aromatic carbocycles. The minimum absolute atomic E-state index is 0.0521. The smallest absolute Gasteiger partial charge is 0.270 e. The van der Waals surface area contributed by atoms with E-state index in [1.54, 1.807) is 37.5 Å². The van der Waals surface area contributed by atoms with E-state index >= 15 is 0 Å². The van der Waals surface area contributed by atoms with E-state index < -0.39 is 11.8 Å². The number of carbonyl (C=O) groups is 2. The molecule has 0 N–H and O–H groups in total. The standard InChI is InChI=1S/C26H24ClN3O3S/c1-5-28-24(31)23(25(32)30(26(28)34)20-11-9-19(27)10-12-20)14-18-13-16(2)29(17(18)3)21-7-6-8-22(15-21)33-4/h6-15H,5H2,1-4H3/b23-14-. The predicted octanol–water partition coefficient (Wildman–Crippen LogP) is 5.32. The molecule has 0 radical (unpaired) electrons. The SMILES string of the molecule is CCN1C(=O)/C(=C/c2cc(C)n(-c3cccc(OC)c3)c2C)C(=O)N(c2ccc(Cl)cc2)C1=S. The molecule has 1 aromatic heterocycles. The van der Waals surface area contributed by atoms with Gasteiger partial charge in [0.05, 0.1) is 12.8 Å². The molecule has 4 rings (SSSR count). The number of anilines is 1. The topological polar surface area (TPSA) is 54.8 Å². The van der Waals surface area contributed by atoms with E-state index in [9.17, 15) is 9.59 Å². The molecule has 8 heteroatoms. The molecule has 2 heterocycles. The van der Waals surface area contributed by atoms with Crippen LogP contribution in [0, 0.1) is 13.8 Å². The van der Waals surface area contributed by atoms with E-state index in [0.717, 1.165) is 28.4 Å². The second kappa shape index (κ2) is 9.44. The van der Waals surface area contributed by atoms with Crippen molar-refractivity contribution >= 4 is 52.5 Å². The lowest BCUT2D eigenvalue weighted by Crippen LogP contribution is -2.56. The first-order chi connectivity index (χ1) is 16.3. The zero-order valence-corrected chi connectivity index (χ0v) is 20.9. The summed E-state index contributed by atoms with van der Waals surface area (Å²) in [6.07, 6.45) is 1.65. The Morgan fingerprint density at radius 2 is 1.71 bits per heavy atom. The number of rotatable bonds is 5. The lowest BCUT2D eigenvalue weighted by Gasteiger charge is -2.36. The van der Waals surface area contributed by atoms with Gasteiger partial charge in [-0.3, -0.25) is 19.4 Å². The van der Waals surface area contributed by atoms with Crippen molar-refractivity contribution in [2.24, 2.45) is 0 Å². The van der Waals surface area contributed by atoms with Crippen molar-refractivity contribution in [3.63, 3.8) is 0 Å². The van der Waals surface area contributed by atoms with Gasteiger partial charge in [0.1, 0.15) is 11.3 Å². The molecular formula is C26H24ClN3O3S. The van der Waals surface area contributed by atoms with E-state index in [4.69, 9.17) is 28.6 Å². The summed E-state index contributed by atoms with van der Waals surface area (Å²) in [6.45, 7) is 6.10. The van der Waals surface area contributed by atoms with Gasteiger partial charge in [-0.05, 0) is 87.1 Å². The quantitative estimate of drug-likeness (QED) is 0.274. The molecule has 0 spiro atoms. The highest BCUT2D eigenvalue weighted by atomic mass is 35.5. The number of aromatic nitrogens is 1. The number of nitrogens with zero attached hydrogens (tertiary/aromatic N) is 3. The molecule has 34 heavy (non-hydrogen) atoms. The lowest BCUT2D eigenvalue weighted by atomic mass is 10.1. The van der Waals surface area contributed by atoms with Crippen LogP contribution in [0.15, 0.2) is 60.2 Å². The van der Waals surface area contributed by atoms with Gasteiger partial charge in [-0.25, -0.2) is 0 Å². The van der Waals surface area contributed by atoms with Crippen molar-refractivity contribution in [1.29, 1.82) is 0 Å². The third-order valence-corrected chi connectivity index (χ3v) is 6.47. The Balaban J connectivity index is 1.81. The molecule has 0 saturated carbocycles. The van der Waals surface area contributed by atoms with Crippen LogP contribution in [0.2, 0.25) is 5.02 Å². The van der Waals surface area contributed by atoms with Crippen LogP contribution in [0.3, 0.4) is 0 Å². The molecule has 6 nitrogen and oxygen atoms in total. The van der Waals surface area contributed by atoms with E-state index in [1.807, 2.05) is 51.1 Å². The number of amides is 2. The molecule has 1 saturated heterocycles. The number of halogens is 1. The Morgan fingerprint density at radius 1 is 1.00 bits per heavy atom. The zero-order chi connectivity index (χ0) is 24.6. The molecule has 0 unspecified atom stereocenters. The van der Waals surface area contributed by atoms with Crippen LogP contribution < -0.4 is 9.64 Å². The Bertz CT molecular complexity index is 1330. The van der Waals surface area contributed by atoms with Crippen LogP contribution in [0.1, 0.15) is 23.9 Å². The molecule has 1 aliphatic rings. The van der Waals surface area contributed by atoms with E-state index in [1.165, 1.54) is 9.80 Å². The first kappa shape index (κ1) is 23.7. The van der Waals surface area contributed by atoms with Gasteiger partial charge in [-0.1, -0.05) is 17.7 Å². The fraction of sp³-hybridized carbons (Fsp3) is 0.192. The van der Waals surface area contributed by atoms with Crippen molar-refractivity contribution in [2.75, 3.05) is 18.6 Å². The van der Waals surface area contributed by atoms with Crippen LogP contribution >= 0.6 is 23.8 Å². The molecule has 0 aliphatic carbocycles. The summed E-state index contributed by atoms with van der Waals surface area (Å²) < 4.78 is 7.42. The zero-order valence-electron chi connectivity index (χ0n) is 19.3. The Morgan fingerprint density at radius 3 is 2.35 bits per heavy atom. The minimum atomic E-state index is -0.465. The monoisotopic (exact) mass is 493 g/mol. The maximum Gasteiger partial charge on any atom is 0.270 e. The molecule has 0 bridgehead atoms. The van der Waals surface area contributed by atoms with Gasteiger partial charge in [0.15, 0.2) is 5.11 Å². The van der Waals surface area contributed by atoms with Crippen molar-refractivity contribution in [1.82, 2.24) is 9.47 Å². The van der Waals surface area contributed by atoms with Gasteiger partial charge in [0.25, 0.3) is 11.8 Å². The molecular weight excluding hydrogens is 470 g/mol. The van der Waals surface area contributed by atoms with Crippen LogP contribution in [0.25, 0.3) is 11.8 Å². The van der Waals surface area contributed by atoms with E-state index in [2.05, 4.69) is 4.57 Å². The lowest BCUT2D eigenvalue weighted by molar-refractivity contribution is -0.127. The highest BCUT2D eigenvalue weighted by Crippen LogP contribution is 2.29. The normalized spacial score (nSPS) is 15.4. The fourth-order valence-electron chi connectivity index (χ4n) is 4.11. The van der Waals surface area contributed by atoms with Crippen LogP contribution in [-0.4, -0.2) is 40.0 Å². The van der Waals surface area contributed by atoms with E-state index in [-0.39, 0.29) is 10.7 Å². The predicted molar refractivity (Wildman–Crippen MR) is 139 cm³/mol. The molecule has 1 aliphatic heterocycles. The molecule has 174 valence electrons. The maximum absolute atomic E-state index is 13.5. The largest absolute Gasteiger partial charge is 0.497 e. The van der Waals surface area contributed by atoms with Gasteiger partial charge in [-0.2, -0.15) is 0 Å². The molecule has 0 atom stereocenters. The Hall–Kier alpha value is -3.42. The molecule has 3 aromatic rings. The summed E-state index contributed by atoms with van der Waals surface area (Å²) in [5.41, 5.74) is 4.17. The second-order valence-electron chi connectivity index (χ2n) is 7.87. The number of ether oxygens (including phenoxy) is 1. The number of benzene rings is 2. The van der Waals surface area contributed by atoms with Crippen molar-refractivity contribution < 1.29 is 14.3 Å². The Kier molecular flexibility index (Phi) is 6.59. The number of likely N-dealkylation sites (N-methyl/N-ethyl adjacent to an activating group) is 1. The van der Waals surface area contributed by atoms with Gasteiger partial charge >= 0.3 is 0 Å². The van der Waals surface area contributed by atoms with Crippen LogP contribution in [0.4, 0.5) is 5.69 Å². The highest BCUT2D eigenvalue weighted by molar-refractivity contribution is 7.80. The van der Waals surface area contributed by atoms with Gasteiger partial charge < -0.3 is 9.30 Å². The Labute approximate surface area is 209 Å². The van der Waals surface area contributed by atoms with Gasteiger partial charge in [0, 0.05) is 34.7 Å². The third-order valence-electron chi connectivity index (χ3n) is 5.81. The minimum Gasteiger partial charge on any atom is -0.497 e. The van der Waals surface area contributed by atoms with Crippen molar-refractivity contribution in [3.8, 4) is 11.4 Å². The number of carbonyl (C=O) groups excluding carboxylic acids is 2. The maximum atomic E-state index is 13.5. The summed E-state index contributed by atoms with van der Waals surface area (Å²) in [4.78, 5) is 29.6. The van der Waals surface area contributed by atoms with Gasteiger partial charge in [0.2, 0.25) is 0 Å². The number of methoxy groups -OCH3 is 1. The summed E-state index contributed by atoms with van der Waals surface area (Å²) in [5.74, 6) is -0.129. The fourth-order valence-corrected chi connectivity index (χ4v) is 4.63. The number of thiocarbonyl (C=S) groups is 1. The highest BCUT2D eigenvalue weighted by Gasteiger charge is 2.39. The molecule has 1 fully saturated rings. The first-order valence-corrected chi connectivity index (χ1v) is 11.6. The van der Waals surface area contributed by atoms with Crippen LogP contribution in [0.5, 0.6) is 5.75 Å². The van der Waals surface area contributed by atoms with Crippen LogP contribution in [-0.2, 0) is 9.59 Å². The molecule has 2 amide bonds.